The standard InChI is InChI=1S/C22H23N3O3S/c1-16-7-9-18(10-8-16)29(27,28)25-13-11-24(12-14-25)22(26)20-15-17(2)23-21-6-4-3-5-19(20)21/h3-10,15H,11-14H2,1-2H3. The Morgan fingerprint density at radius 1 is 0.931 bits per heavy atom. The third-order valence-electron chi connectivity index (χ3n) is 5.26. The second-order valence-corrected chi connectivity index (χ2v) is 9.28. The van der Waals surface area contributed by atoms with E-state index < -0.39 is 10.0 Å². The number of sulfonamides is 1. The second-order valence-electron chi connectivity index (χ2n) is 7.34. The van der Waals surface area contributed by atoms with Crippen LogP contribution in [0.25, 0.3) is 10.9 Å². The number of benzene rings is 2. The minimum atomic E-state index is -3.55. The van der Waals surface area contributed by atoms with Gasteiger partial charge in [-0.05, 0) is 38.1 Å². The van der Waals surface area contributed by atoms with Gasteiger partial charge in [0.2, 0.25) is 10.0 Å². The molecule has 2 heterocycles. The lowest BCUT2D eigenvalue weighted by Crippen LogP contribution is -2.50. The molecular weight excluding hydrogens is 386 g/mol. The monoisotopic (exact) mass is 409 g/mol. The van der Waals surface area contributed by atoms with Crippen LogP contribution >= 0.6 is 0 Å². The number of aromatic nitrogens is 1. The molecular formula is C22H23N3O3S. The van der Waals surface area contributed by atoms with Crippen LogP contribution in [-0.2, 0) is 10.0 Å². The van der Waals surface area contributed by atoms with Crippen molar-refractivity contribution in [3.63, 3.8) is 0 Å². The van der Waals surface area contributed by atoms with E-state index in [9.17, 15) is 13.2 Å². The van der Waals surface area contributed by atoms with Crippen molar-refractivity contribution in [2.45, 2.75) is 18.7 Å². The van der Waals surface area contributed by atoms with Crippen molar-refractivity contribution in [2.75, 3.05) is 26.2 Å². The molecule has 7 heteroatoms. The van der Waals surface area contributed by atoms with Gasteiger partial charge in [-0.2, -0.15) is 4.31 Å². The van der Waals surface area contributed by atoms with E-state index in [2.05, 4.69) is 4.98 Å². The fraction of sp³-hybridized carbons (Fsp3) is 0.273. The number of rotatable bonds is 3. The summed E-state index contributed by atoms with van der Waals surface area (Å²) in [7, 11) is -3.55. The zero-order valence-corrected chi connectivity index (χ0v) is 17.3. The average molecular weight is 410 g/mol. The Balaban J connectivity index is 1.53. The van der Waals surface area contributed by atoms with E-state index in [1.807, 2.05) is 38.1 Å². The zero-order chi connectivity index (χ0) is 20.6. The maximum absolute atomic E-state index is 13.2. The molecule has 0 aliphatic carbocycles. The number of piperazine rings is 1. The van der Waals surface area contributed by atoms with Gasteiger partial charge in [0, 0.05) is 37.3 Å². The summed E-state index contributed by atoms with van der Waals surface area (Å²) < 4.78 is 27.2. The molecule has 2 aromatic carbocycles. The van der Waals surface area contributed by atoms with Crippen LogP contribution in [0.3, 0.4) is 0 Å². The molecule has 0 atom stereocenters. The first-order valence-corrected chi connectivity index (χ1v) is 11.0. The summed E-state index contributed by atoms with van der Waals surface area (Å²) in [6, 6.07) is 16.2. The summed E-state index contributed by atoms with van der Waals surface area (Å²) in [5, 5.41) is 0.817. The zero-order valence-electron chi connectivity index (χ0n) is 16.5. The SMILES string of the molecule is Cc1ccc(S(=O)(=O)N2CCN(C(=O)c3cc(C)nc4ccccc34)CC2)cc1. The van der Waals surface area contributed by atoms with Crippen molar-refractivity contribution in [3.05, 3.63) is 71.4 Å². The average Bonchev–Trinajstić information content (AvgIpc) is 2.73. The number of pyridine rings is 1. The third-order valence-corrected chi connectivity index (χ3v) is 7.17. The number of fused-ring (bicyclic) bond motifs is 1. The van der Waals surface area contributed by atoms with Gasteiger partial charge in [0.15, 0.2) is 0 Å². The van der Waals surface area contributed by atoms with Gasteiger partial charge < -0.3 is 4.90 Å². The van der Waals surface area contributed by atoms with Gasteiger partial charge in [0.25, 0.3) is 5.91 Å². The van der Waals surface area contributed by atoms with Crippen LogP contribution in [0.1, 0.15) is 21.6 Å². The molecule has 1 amide bonds. The van der Waals surface area contributed by atoms with E-state index in [1.165, 1.54) is 4.31 Å². The van der Waals surface area contributed by atoms with Gasteiger partial charge in [-0.3, -0.25) is 9.78 Å². The number of aryl methyl sites for hydroxylation is 2. The van der Waals surface area contributed by atoms with E-state index in [0.717, 1.165) is 22.2 Å². The molecule has 4 rings (SSSR count). The predicted octanol–water partition coefficient (Wildman–Crippen LogP) is 3.00. The minimum absolute atomic E-state index is 0.0842. The molecule has 29 heavy (non-hydrogen) atoms. The van der Waals surface area contributed by atoms with E-state index in [0.29, 0.717) is 23.5 Å². The fourth-order valence-electron chi connectivity index (χ4n) is 3.65. The van der Waals surface area contributed by atoms with Crippen LogP contribution in [-0.4, -0.2) is 54.7 Å². The summed E-state index contributed by atoms with van der Waals surface area (Å²) >= 11 is 0. The van der Waals surface area contributed by atoms with Crippen LogP contribution in [0, 0.1) is 13.8 Å². The highest BCUT2D eigenvalue weighted by Gasteiger charge is 2.31. The van der Waals surface area contributed by atoms with Crippen LogP contribution in [0.15, 0.2) is 59.5 Å². The first-order chi connectivity index (χ1) is 13.9. The quantitative estimate of drug-likeness (QED) is 0.667. The van der Waals surface area contributed by atoms with Crippen molar-refractivity contribution in [1.29, 1.82) is 0 Å². The molecule has 1 saturated heterocycles. The number of carbonyl (C=O) groups excluding carboxylic acids is 1. The Hall–Kier alpha value is -2.77. The summed E-state index contributed by atoms with van der Waals surface area (Å²) in [6.45, 7) is 5.08. The molecule has 1 aromatic heterocycles. The number of nitrogens with zero attached hydrogens (tertiary/aromatic N) is 3. The van der Waals surface area contributed by atoms with Crippen LogP contribution in [0.5, 0.6) is 0 Å². The molecule has 0 N–H and O–H groups in total. The van der Waals surface area contributed by atoms with Crippen LogP contribution in [0.2, 0.25) is 0 Å². The number of hydrogen-bond donors (Lipinski definition) is 0. The van der Waals surface area contributed by atoms with E-state index >= 15 is 0 Å². The number of hydrogen-bond acceptors (Lipinski definition) is 4. The maximum atomic E-state index is 13.2. The molecule has 1 aliphatic rings. The summed E-state index contributed by atoms with van der Waals surface area (Å²) in [4.78, 5) is 19.7. The Labute approximate surface area is 170 Å². The molecule has 0 saturated carbocycles. The van der Waals surface area contributed by atoms with Gasteiger partial charge in [-0.25, -0.2) is 8.42 Å². The number of para-hydroxylation sites is 1. The predicted molar refractivity (Wildman–Crippen MR) is 112 cm³/mol. The molecule has 0 bridgehead atoms. The fourth-order valence-corrected chi connectivity index (χ4v) is 5.07. The lowest BCUT2D eigenvalue weighted by Gasteiger charge is -2.34. The summed E-state index contributed by atoms with van der Waals surface area (Å²) in [6.07, 6.45) is 0. The van der Waals surface area contributed by atoms with Crippen molar-refractivity contribution in [3.8, 4) is 0 Å². The van der Waals surface area contributed by atoms with E-state index in [-0.39, 0.29) is 19.0 Å². The summed E-state index contributed by atoms with van der Waals surface area (Å²) in [5.41, 5.74) is 3.20. The van der Waals surface area contributed by atoms with Crippen molar-refractivity contribution >= 4 is 26.8 Å². The largest absolute Gasteiger partial charge is 0.336 e. The number of carbonyl (C=O) groups is 1. The molecule has 6 nitrogen and oxygen atoms in total. The van der Waals surface area contributed by atoms with E-state index in [1.54, 1.807) is 35.2 Å². The van der Waals surface area contributed by atoms with Gasteiger partial charge in [-0.15, -0.1) is 0 Å². The molecule has 150 valence electrons. The lowest BCUT2D eigenvalue weighted by atomic mass is 10.1. The number of amides is 1. The van der Waals surface area contributed by atoms with Crippen molar-refractivity contribution < 1.29 is 13.2 Å². The first kappa shape index (κ1) is 19.5. The molecule has 0 radical (unpaired) electrons. The minimum Gasteiger partial charge on any atom is -0.336 e. The third kappa shape index (κ3) is 3.75. The molecule has 0 unspecified atom stereocenters. The Morgan fingerprint density at radius 2 is 1.59 bits per heavy atom. The molecule has 0 spiro atoms. The smallest absolute Gasteiger partial charge is 0.254 e. The molecule has 1 fully saturated rings. The van der Waals surface area contributed by atoms with Gasteiger partial charge >= 0.3 is 0 Å². The second kappa shape index (κ2) is 7.57. The van der Waals surface area contributed by atoms with Crippen LogP contribution in [0.4, 0.5) is 0 Å². The topological polar surface area (TPSA) is 70.6 Å². The normalized spacial score (nSPS) is 15.6. The molecule has 3 aromatic rings. The Bertz CT molecular complexity index is 1170. The highest BCUT2D eigenvalue weighted by molar-refractivity contribution is 7.89. The Morgan fingerprint density at radius 3 is 2.28 bits per heavy atom. The van der Waals surface area contributed by atoms with Gasteiger partial charge in [0.1, 0.15) is 0 Å². The molecule has 1 aliphatic heterocycles. The van der Waals surface area contributed by atoms with Gasteiger partial charge in [0.05, 0.1) is 16.0 Å². The Kier molecular flexibility index (Phi) is 5.10. The van der Waals surface area contributed by atoms with E-state index in [4.69, 9.17) is 0 Å². The van der Waals surface area contributed by atoms with Crippen molar-refractivity contribution in [1.82, 2.24) is 14.2 Å². The van der Waals surface area contributed by atoms with Crippen LogP contribution < -0.4 is 0 Å². The highest BCUT2D eigenvalue weighted by atomic mass is 32.2. The first-order valence-electron chi connectivity index (χ1n) is 9.59. The maximum Gasteiger partial charge on any atom is 0.254 e. The van der Waals surface area contributed by atoms with Gasteiger partial charge in [-0.1, -0.05) is 35.9 Å². The highest BCUT2D eigenvalue weighted by Crippen LogP contribution is 2.22. The lowest BCUT2D eigenvalue weighted by molar-refractivity contribution is 0.0699. The summed E-state index contributed by atoms with van der Waals surface area (Å²) in [5.74, 6) is -0.0842. The van der Waals surface area contributed by atoms with Crippen molar-refractivity contribution in [2.24, 2.45) is 0 Å².